The molecule has 10 heteroatoms. The first-order valence-electron chi connectivity index (χ1n) is 7.16. The highest BCUT2D eigenvalue weighted by Crippen LogP contribution is 2.35. The molecule has 9 nitrogen and oxygen atoms in total. The summed E-state index contributed by atoms with van der Waals surface area (Å²) in [5.74, 6) is -0.980. The van der Waals surface area contributed by atoms with Crippen LogP contribution in [0.4, 0.5) is 5.82 Å². The lowest BCUT2D eigenvalue weighted by Crippen LogP contribution is -2.36. The van der Waals surface area contributed by atoms with E-state index in [4.69, 9.17) is 31.5 Å². The second kappa shape index (κ2) is 7.18. The van der Waals surface area contributed by atoms with Crippen LogP contribution in [0.2, 0.25) is 0 Å². The Morgan fingerprint density at radius 3 is 2.67 bits per heavy atom. The Morgan fingerprint density at radius 1 is 1.42 bits per heavy atom. The van der Waals surface area contributed by atoms with Crippen LogP contribution < -0.4 is 11.4 Å². The topological polar surface area (TPSA) is 123 Å². The minimum absolute atomic E-state index is 0.105. The van der Waals surface area contributed by atoms with Crippen molar-refractivity contribution in [3.63, 3.8) is 0 Å². The summed E-state index contributed by atoms with van der Waals surface area (Å²) in [4.78, 5) is 38.1. The van der Waals surface area contributed by atoms with Crippen molar-refractivity contribution in [1.29, 1.82) is 0 Å². The van der Waals surface area contributed by atoms with Crippen LogP contribution >= 0.6 is 11.6 Å². The van der Waals surface area contributed by atoms with Crippen LogP contribution in [0.5, 0.6) is 0 Å². The van der Waals surface area contributed by atoms with Crippen molar-refractivity contribution < 1.29 is 23.8 Å². The Morgan fingerprint density at radius 2 is 2.08 bits per heavy atom. The number of rotatable bonds is 4. The maximum atomic E-state index is 12.1. The molecule has 2 rings (SSSR count). The first-order valence-corrected chi connectivity index (χ1v) is 7.59. The molecule has 132 valence electrons. The molecule has 2 heterocycles. The van der Waals surface area contributed by atoms with Crippen LogP contribution in [0.1, 0.15) is 25.6 Å². The summed E-state index contributed by atoms with van der Waals surface area (Å²) >= 11 is 6.34. The molecule has 0 aliphatic carbocycles. The number of aryl methyl sites for hydroxylation is 1. The highest BCUT2D eigenvalue weighted by atomic mass is 35.5. The molecule has 0 aromatic carbocycles. The lowest BCUT2D eigenvalue weighted by molar-refractivity contribution is -0.155. The largest absolute Gasteiger partial charge is 0.463 e. The molecule has 0 spiro atoms. The first-order chi connectivity index (χ1) is 11.2. The van der Waals surface area contributed by atoms with Gasteiger partial charge >= 0.3 is 17.6 Å². The minimum atomic E-state index is -0.948. The number of nitrogens with two attached hydrogens (primary N) is 1. The fraction of sp³-hybridized carbons (Fsp3) is 0.571. The van der Waals surface area contributed by atoms with Gasteiger partial charge in [0.05, 0.1) is 0 Å². The molecular weight excluding hydrogens is 342 g/mol. The number of aromatic nitrogens is 2. The summed E-state index contributed by atoms with van der Waals surface area (Å²) in [5.41, 5.74) is 5.51. The average molecular weight is 360 g/mol. The van der Waals surface area contributed by atoms with Gasteiger partial charge in [-0.1, -0.05) is 0 Å². The zero-order valence-corrected chi connectivity index (χ0v) is 14.1. The second-order valence-electron chi connectivity index (χ2n) is 5.39. The number of nitrogen functional groups attached to an aromatic ring is 1. The van der Waals surface area contributed by atoms with Gasteiger partial charge in [0.25, 0.3) is 0 Å². The number of nitrogens with zero attached hydrogens (tertiary/aromatic N) is 2. The summed E-state index contributed by atoms with van der Waals surface area (Å²) < 4.78 is 16.9. The fourth-order valence-electron chi connectivity index (χ4n) is 2.35. The van der Waals surface area contributed by atoms with Crippen LogP contribution in [0, 0.1) is 6.92 Å². The molecule has 1 aromatic rings. The molecule has 1 aliphatic rings. The van der Waals surface area contributed by atoms with Gasteiger partial charge in [-0.15, -0.1) is 11.6 Å². The predicted octanol–water partition coefficient (Wildman–Crippen LogP) is 0.134. The SMILES string of the molecule is CC(=O)OC[C@H]1O[C@@H](n2cc(C)c(N)nc2=O)[C@@H](Cl)[C@@H]1OC(C)=O. The molecule has 24 heavy (non-hydrogen) atoms. The number of ether oxygens (including phenoxy) is 3. The highest BCUT2D eigenvalue weighted by molar-refractivity contribution is 6.21. The van der Waals surface area contributed by atoms with E-state index in [1.165, 1.54) is 24.6 Å². The monoisotopic (exact) mass is 359 g/mol. The van der Waals surface area contributed by atoms with Crippen LogP contribution in [0.3, 0.4) is 0 Å². The Balaban J connectivity index is 2.31. The van der Waals surface area contributed by atoms with Crippen molar-refractivity contribution in [3.8, 4) is 0 Å². The highest BCUT2D eigenvalue weighted by Gasteiger charge is 2.47. The van der Waals surface area contributed by atoms with Crippen molar-refractivity contribution in [2.45, 2.75) is 44.6 Å². The predicted molar refractivity (Wildman–Crippen MR) is 83.4 cm³/mol. The number of hydrogen-bond donors (Lipinski definition) is 1. The molecule has 1 saturated heterocycles. The summed E-state index contributed by atoms with van der Waals surface area (Å²) in [6, 6.07) is 0. The zero-order chi connectivity index (χ0) is 18.0. The molecule has 0 amide bonds. The van der Waals surface area contributed by atoms with Crippen LogP contribution in [0.15, 0.2) is 11.0 Å². The number of anilines is 1. The lowest BCUT2D eigenvalue weighted by Gasteiger charge is -2.19. The third kappa shape index (κ3) is 3.85. The molecule has 1 aliphatic heterocycles. The summed E-state index contributed by atoms with van der Waals surface area (Å²) in [6.07, 6.45) is -1.19. The van der Waals surface area contributed by atoms with E-state index in [1.54, 1.807) is 6.92 Å². The second-order valence-corrected chi connectivity index (χ2v) is 5.89. The standard InChI is InChI=1S/C14H18ClN3O6/c1-6-4-18(14(21)17-12(6)16)13-10(15)11(23-8(3)20)9(24-13)5-22-7(2)19/h4,9-11,13H,5H2,1-3H3,(H2,16,17,21)/t9-,10+,11-,13-/m1/s1. The molecule has 0 bridgehead atoms. The van der Waals surface area contributed by atoms with E-state index in [-0.39, 0.29) is 12.4 Å². The molecular formula is C14H18ClN3O6. The van der Waals surface area contributed by atoms with Gasteiger partial charge in [-0.3, -0.25) is 14.2 Å². The van der Waals surface area contributed by atoms with Gasteiger partial charge in [0.2, 0.25) is 0 Å². The molecule has 0 saturated carbocycles. The summed E-state index contributed by atoms with van der Waals surface area (Å²) in [6.45, 7) is 3.98. The van der Waals surface area contributed by atoms with Gasteiger partial charge < -0.3 is 19.9 Å². The van der Waals surface area contributed by atoms with Gasteiger partial charge in [0.15, 0.2) is 12.3 Å². The van der Waals surface area contributed by atoms with Crippen LogP contribution in [0.25, 0.3) is 0 Å². The Bertz CT molecular complexity index is 706. The number of halogens is 1. The number of esters is 2. The minimum Gasteiger partial charge on any atom is -0.463 e. The van der Waals surface area contributed by atoms with Crippen molar-refractivity contribution >= 4 is 29.4 Å². The molecule has 0 unspecified atom stereocenters. The lowest BCUT2D eigenvalue weighted by atomic mass is 10.1. The maximum Gasteiger partial charge on any atom is 0.351 e. The van der Waals surface area contributed by atoms with E-state index in [0.717, 1.165) is 0 Å². The van der Waals surface area contributed by atoms with E-state index >= 15 is 0 Å². The Labute approximate surface area is 142 Å². The smallest absolute Gasteiger partial charge is 0.351 e. The van der Waals surface area contributed by atoms with Crippen molar-refractivity contribution in [2.75, 3.05) is 12.3 Å². The number of carbonyl (C=O) groups excluding carboxylic acids is 2. The molecule has 4 atom stereocenters. The van der Waals surface area contributed by atoms with Gasteiger partial charge in [-0.05, 0) is 6.92 Å². The summed E-state index contributed by atoms with van der Waals surface area (Å²) in [5, 5.41) is -0.878. The quantitative estimate of drug-likeness (QED) is 0.594. The van der Waals surface area contributed by atoms with E-state index < -0.39 is 41.4 Å². The van der Waals surface area contributed by atoms with Crippen LogP contribution in [-0.4, -0.2) is 45.7 Å². The molecule has 1 aromatic heterocycles. The van der Waals surface area contributed by atoms with E-state index in [2.05, 4.69) is 4.98 Å². The first kappa shape index (κ1) is 18.2. The van der Waals surface area contributed by atoms with Gasteiger partial charge in [0, 0.05) is 25.6 Å². The third-order valence-corrected chi connectivity index (χ3v) is 3.93. The fourth-order valence-corrected chi connectivity index (χ4v) is 2.74. The molecule has 0 radical (unpaired) electrons. The van der Waals surface area contributed by atoms with E-state index in [1.807, 2.05) is 0 Å². The van der Waals surface area contributed by atoms with Crippen molar-refractivity contribution in [3.05, 3.63) is 22.2 Å². The Kier molecular flexibility index (Phi) is 5.45. The Hall–Kier alpha value is -2.13. The van der Waals surface area contributed by atoms with Gasteiger partial charge in [-0.2, -0.15) is 4.98 Å². The maximum absolute atomic E-state index is 12.1. The van der Waals surface area contributed by atoms with Gasteiger partial charge in [-0.25, -0.2) is 4.79 Å². The van der Waals surface area contributed by atoms with Gasteiger partial charge in [0.1, 0.15) is 23.9 Å². The molecule has 2 N–H and O–H groups in total. The normalized spacial score (nSPS) is 26.2. The summed E-state index contributed by atoms with van der Waals surface area (Å²) in [7, 11) is 0. The average Bonchev–Trinajstić information content (AvgIpc) is 2.77. The van der Waals surface area contributed by atoms with Crippen molar-refractivity contribution in [2.24, 2.45) is 0 Å². The molecule has 1 fully saturated rings. The van der Waals surface area contributed by atoms with Crippen LogP contribution in [-0.2, 0) is 23.8 Å². The third-order valence-electron chi connectivity index (χ3n) is 3.47. The van der Waals surface area contributed by atoms with E-state index in [9.17, 15) is 14.4 Å². The van der Waals surface area contributed by atoms with E-state index in [0.29, 0.717) is 5.56 Å². The number of carbonyl (C=O) groups is 2. The number of hydrogen-bond acceptors (Lipinski definition) is 8. The zero-order valence-electron chi connectivity index (χ0n) is 13.4. The number of alkyl halides is 1. The van der Waals surface area contributed by atoms with Crippen molar-refractivity contribution in [1.82, 2.24) is 9.55 Å².